The number of rotatable bonds is 6. The van der Waals surface area contributed by atoms with E-state index in [0.29, 0.717) is 0 Å². The third-order valence-corrected chi connectivity index (χ3v) is 13.0. The Morgan fingerprint density at radius 1 is 0.351 bits per heavy atom. The van der Waals surface area contributed by atoms with Crippen LogP contribution >= 0.6 is 0 Å². The van der Waals surface area contributed by atoms with Crippen LogP contribution < -0.4 is 4.90 Å². The van der Waals surface area contributed by atoms with Crippen LogP contribution in [-0.4, -0.2) is 0 Å². The van der Waals surface area contributed by atoms with Gasteiger partial charge in [-0.05, 0) is 116 Å². The Hall–Kier alpha value is -6.96. The molecule has 11 rings (SSSR count). The summed E-state index contributed by atoms with van der Waals surface area (Å²) in [5.41, 5.74) is 18.3. The highest BCUT2D eigenvalue weighted by Crippen LogP contribution is 2.58. The predicted molar refractivity (Wildman–Crippen MR) is 239 cm³/mol. The van der Waals surface area contributed by atoms with Crippen LogP contribution in [0, 0.1) is 0 Å². The summed E-state index contributed by atoms with van der Waals surface area (Å²) in [5, 5.41) is 2.50. The quantitative estimate of drug-likeness (QED) is 0.165. The molecule has 0 saturated carbocycles. The van der Waals surface area contributed by atoms with E-state index < -0.39 is 0 Å². The van der Waals surface area contributed by atoms with Crippen molar-refractivity contribution in [1.82, 2.24) is 0 Å². The zero-order chi connectivity index (χ0) is 38.1. The molecule has 2 atom stereocenters. The maximum absolute atomic E-state index is 2.52. The van der Waals surface area contributed by atoms with Gasteiger partial charge in [0.05, 0.1) is 5.69 Å². The van der Waals surface area contributed by atoms with E-state index in [0.717, 1.165) is 11.4 Å². The first kappa shape index (κ1) is 33.4. The van der Waals surface area contributed by atoms with E-state index in [9.17, 15) is 0 Å². The van der Waals surface area contributed by atoms with E-state index in [1.165, 1.54) is 83.2 Å². The summed E-state index contributed by atoms with van der Waals surface area (Å²) < 4.78 is 0. The Balaban J connectivity index is 1.19. The number of benzene rings is 9. The largest absolute Gasteiger partial charge is 0.310 e. The lowest BCUT2D eigenvalue weighted by atomic mass is 9.74. The van der Waals surface area contributed by atoms with Crippen LogP contribution in [0.1, 0.15) is 47.2 Å². The molecule has 0 heterocycles. The minimum Gasteiger partial charge on any atom is -0.310 e. The van der Waals surface area contributed by atoms with Gasteiger partial charge in [-0.25, -0.2) is 0 Å². The average Bonchev–Trinajstić information content (AvgIpc) is 3.70. The van der Waals surface area contributed by atoms with Crippen molar-refractivity contribution in [2.75, 3.05) is 4.90 Å². The molecule has 1 heteroatoms. The maximum atomic E-state index is 2.52. The molecule has 0 amide bonds. The van der Waals surface area contributed by atoms with Crippen molar-refractivity contribution in [2.24, 2.45) is 0 Å². The fourth-order valence-corrected chi connectivity index (χ4v) is 10.2. The standard InChI is InChI=1S/C56H41N/c1-55(40-21-5-3-6-22-40)50-31-14-12-28-48(50)54-51(55)32-17-33-53(54)57(42-25-15-20-39(36-42)45-29-16-19-38-18-9-10-26-44(38)45)43-34-35-47-46-27-11-13-30-49(46)56(2,52(47)37-43)41-23-7-4-8-24-41/h3-37H,1-2H3. The molecule has 270 valence electrons. The molecule has 0 spiro atoms. The van der Waals surface area contributed by atoms with Gasteiger partial charge in [-0.2, -0.15) is 0 Å². The number of anilines is 3. The van der Waals surface area contributed by atoms with E-state index in [1.54, 1.807) is 0 Å². The Morgan fingerprint density at radius 3 is 1.65 bits per heavy atom. The van der Waals surface area contributed by atoms with Crippen LogP contribution in [0.25, 0.3) is 44.2 Å². The molecule has 57 heavy (non-hydrogen) atoms. The van der Waals surface area contributed by atoms with Gasteiger partial charge >= 0.3 is 0 Å². The lowest BCUT2D eigenvalue weighted by molar-refractivity contribution is 0.713. The first-order valence-electron chi connectivity index (χ1n) is 20.0. The summed E-state index contributed by atoms with van der Waals surface area (Å²) in [7, 11) is 0. The van der Waals surface area contributed by atoms with E-state index in [-0.39, 0.29) is 10.8 Å². The monoisotopic (exact) mass is 727 g/mol. The summed E-state index contributed by atoms with van der Waals surface area (Å²) >= 11 is 0. The first-order valence-corrected chi connectivity index (χ1v) is 20.0. The molecular weight excluding hydrogens is 687 g/mol. The minimum atomic E-state index is -0.323. The van der Waals surface area contributed by atoms with Crippen molar-refractivity contribution in [2.45, 2.75) is 24.7 Å². The lowest BCUT2D eigenvalue weighted by Crippen LogP contribution is -2.23. The molecular formula is C56H41N. The highest BCUT2D eigenvalue weighted by molar-refractivity contribution is 6.00. The fraction of sp³-hybridized carbons (Fsp3) is 0.0714. The second kappa shape index (κ2) is 12.8. The van der Waals surface area contributed by atoms with Gasteiger partial charge in [0, 0.05) is 27.8 Å². The van der Waals surface area contributed by atoms with Gasteiger partial charge in [0.15, 0.2) is 0 Å². The van der Waals surface area contributed by atoms with Crippen molar-refractivity contribution in [3.8, 4) is 33.4 Å². The van der Waals surface area contributed by atoms with Crippen LogP contribution in [0.3, 0.4) is 0 Å². The molecule has 2 unspecified atom stereocenters. The highest BCUT2D eigenvalue weighted by Gasteiger charge is 2.44. The number of nitrogens with zero attached hydrogens (tertiary/aromatic N) is 1. The molecule has 9 aromatic carbocycles. The Kier molecular flexibility index (Phi) is 7.50. The van der Waals surface area contributed by atoms with Crippen LogP contribution in [-0.2, 0) is 10.8 Å². The van der Waals surface area contributed by atoms with Crippen molar-refractivity contribution in [3.05, 3.63) is 246 Å². The van der Waals surface area contributed by atoms with Crippen LogP contribution in [0.4, 0.5) is 17.1 Å². The normalized spacial score (nSPS) is 17.4. The second-order valence-electron chi connectivity index (χ2n) is 15.9. The SMILES string of the molecule is CC1(c2ccccc2)c2ccccc2-c2ccc(N(c3cccc(-c4cccc5ccccc45)c3)c3cccc4c3-c3ccccc3C4(C)c3ccccc3)cc21. The smallest absolute Gasteiger partial charge is 0.0543 e. The Morgan fingerprint density at radius 2 is 0.877 bits per heavy atom. The molecule has 2 aliphatic carbocycles. The van der Waals surface area contributed by atoms with Gasteiger partial charge in [0.2, 0.25) is 0 Å². The Labute approximate surface area is 335 Å². The van der Waals surface area contributed by atoms with Crippen LogP contribution in [0.2, 0.25) is 0 Å². The summed E-state index contributed by atoms with van der Waals surface area (Å²) in [4.78, 5) is 2.52. The van der Waals surface area contributed by atoms with E-state index in [4.69, 9.17) is 0 Å². The molecule has 9 aromatic rings. The van der Waals surface area contributed by atoms with E-state index in [2.05, 4.69) is 231 Å². The summed E-state index contributed by atoms with van der Waals surface area (Å²) in [6.07, 6.45) is 0. The van der Waals surface area contributed by atoms with Gasteiger partial charge in [-0.15, -0.1) is 0 Å². The van der Waals surface area contributed by atoms with Crippen molar-refractivity contribution < 1.29 is 0 Å². The van der Waals surface area contributed by atoms with Gasteiger partial charge in [-0.3, -0.25) is 0 Å². The summed E-state index contributed by atoms with van der Waals surface area (Å²) in [5.74, 6) is 0. The third-order valence-electron chi connectivity index (χ3n) is 13.0. The minimum absolute atomic E-state index is 0.314. The molecule has 0 saturated heterocycles. The van der Waals surface area contributed by atoms with E-state index in [1.807, 2.05) is 0 Å². The van der Waals surface area contributed by atoms with Gasteiger partial charge in [-0.1, -0.05) is 182 Å². The Bertz CT molecular complexity index is 2990. The zero-order valence-corrected chi connectivity index (χ0v) is 32.2. The number of hydrogen-bond donors (Lipinski definition) is 0. The van der Waals surface area contributed by atoms with Gasteiger partial charge < -0.3 is 4.90 Å². The molecule has 0 aromatic heterocycles. The number of fused-ring (bicyclic) bond motifs is 7. The zero-order valence-electron chi connectivity index (χ0n) is 32.2. The molecule has 0 N–H and O–H groups in total. The topological polar surface area (TPSA) is 3.24 Å². The maximum Gasteiger partial charge on any atom is 0.0543 e. The van der Waals surface area contributed by atoms with Gasteiger partial charge in [0.25, 0.3) is 0 Å². The lowest BCUT2D eigenvalue weighted by Gasteiger charge is -2.32. The molecule has 0 bridgehead atoms. The van der Waals surface area contributed by atoms with Crippen LogP contribution in [0.15, 0.2) is 212 Å². The first-order chi connectivity index (χ1) is 28.0. The fourth-order valence-electron chi connectivity index (χ4n) is 10.2. The molecule has 1 nitrogen and oxygen atoms in total. The molecule has 2 aliphatic rings. The number of hydrogen-bond acceptors (Lipinski definition) is 1. The van der Waals surface area contributed by atoms with Crippen LogP contribution in [0.5, 0.6) is 0 Å². The van der Waals surface area contributed by atoms with Crippen molar-refractivity contribution >= 4 is 27.8 Å². The summed E-state index contributed by atoms with van der Waals surface area (Å²) in [6, 6.07) is 78.7. The predicted octanol–water partition coefficient (Wildman–Crippen LogP) is 14.6. The van der Waals surface area contributed by atoms with Crippen molar-refractivity contribution in [3.63, 3.8) is 0 Å². The molecule has 0 radical (unpaired) electrons. The summed E-state index contributed by atoms with van der Waals surface area (Å²) in [6.45, 7) is 4.81. The second-order valence-corrected chi connectivity index (χ2v) is 15.9. The third kappa shape index (κ3) is 4.89. The van der Waals surface area contributed by atoms with E-state index >= 15 is 0 Å². The molecule has 0 aliphatic heterocycles. The molecule has 0 fully saturated rings. The highest BCUT2D eigenvalue weighted by atomic mass is 15.1. The van der Waals surface area contributed by atoms with Crippen molar-refractivity contribution in [1.29, 1.82) is 0 Å². The van der Waals surface area contributed by atoms with Gasteiger partial charge in [0.1, 0.15) is 0 Å². The average molecular weight is 728 g/mol.